The molecular weight excluding hydrogens is 444 g/mol. The fraction of sp³-hybridized carbons (Fsp3) is 0.250. The molecule has 2 N–H and O–H groups in total. The first-order chi connectivity index (χ1) is 15.8. The summed E-state index contributed by atoms with van der Waals surface area (Å²) < 4.78 is 26.0. The van der Waals surface area contributed by atoms with Crippen LogP contribution in [0.25, 0.3) is 17.3 Å². The zero-order valence-electron chi connectivity index (χ0n) is 18.4. The number of hydrogen-bond donors (Lipinski definition) is 2. The van der Waals surface area contributed by atoms with Crippen LogP contribution in [-0.4, -0.2) is 33.8 Å². The van der Waals surface area contributed by atoms with Crippen molar-refractivity contribution in [3.63, 3.8) is 0 Å². The molecule has 3 aromatic rings. The molecule has 1 aliphatic heterocycles. The van der Waals surface area contributed by atoms with Crippen molar-refractivity contribution in [3.8, 4) is 11.3 Å². The van der Waals surface area contributed by atoms with Crippen molar-refractivity contribution < 1.29 is 23.1 Å². The van der Waals surface area contributed by atoms with Gasteiger partial charge >= 0.3 is 0 Å². The molecular formula is C24H26FN3O4P. The Morgan fingerprint density at radius 3 is 2.55 bits per heavy atom. The number of rotatable bonds is 6. The number of hydrogen-bond acceptors (Lipinski definition) is 5. The predicted molar refractivity (Wildman–Crippen MR) is 127 cm³/mol. The van der Waals surface area contributed by atoms with E-state index in [4.69, 9.17) is 9.05 Å². The summed E-state index contributed by atoms with van der Waals surface area (Å²) in [4.78, 5) is 22.9. The van der Waals surface area contributed by atoms with Gasteiger partial charge in [0.05, 0.1) is 31.3 Å². The molecule has 173 valence electrons. The van der Waals surface area contributed by atoms with Crippen LogP contribution in [0.3, 0.4) is 0 Å². The minimum Gasteiger partial charge on any atom is -0.335 e. The van der Waals surface area contributed by atoms with Gasteiger partial charge in [-0.1, -0.05) is 19.1 Å². The van der Waals surface area contributed by atoms with Crippen LogP contribution in [0.15, 0.2) is 60.8 Å². The topological polar surface area (TPSA) is 85.6 Å². The number of amides is 1. The second kappa shape index (κ2) is 9.93. The minimum absolute atomic E-state index is 0.273. The lowest BCUT2D eigenvalue weighted by Gasteiger charge is -2.35. The lowest BCUT2D eigenvalue weighted by Crippen LogP contribution is -2.22. The van der Waals surface area contributed by atoms with E-state index in [1.165, 1.54) is 18.2 Å². The van der Waals surface area contributed by atoms with E-state index in [0.717, 1.165) is 22.4 Å². The third-order valence-electron chi connectivity index (χ3n) is 5.22. The minimum atomic E-state index is -2.87. The van der Waals surface area contributed by atoms with Gasteiger partial charge in [-0.25, -0.2) is 4.39 Å². The van der Waals surface area contributed by atoms with E-state index in [2.05, 4.69) is 10.4 Å². The summed E-state index contributed by atoms with van der Waals surface area (Å²) in [5.74, 6) is -0.335. The molecule has 1 saturated heterocycles. The predicted octanol–water partition coefficient (Wildman–Crippen LogP) is 4.82. The molecule has 0 aliphatic carbocycles. The van der Waals surface area contributed by atoms with E-state index in [1.807, 2.05) is 19.1 Å². The van der Waals surface area contributed by atoms with E-state index in [-0.39, 0.29) is 17.6 Å². The number of nitrogens with zero attached hydrogens (tertiary/aromatic N) is 2. The first-order valence-corrected chi connectivity index (χ1v) is 12.3. The van der Waals surface area contributed by atoms with E-state index < -0.39 is 7.94 Å². The molecule has 1 amide bonds. The van der Waals surface area contributed by atoms with Crippen LogP contribution >= 0.6 is 7.94 Å². The molecule has 1 radical (unpaired) electrons. The monoisotopic (exact) mass is 470 g/mol. The zero-order valence-corrected chi connectivity index (χ0v) is 19.3. The first kappa shape index (κ1) is 23.3. The van der Waals surface area contributed by atoms with Gasteiger partial charge in [0.25, 0.3) is 0 Å². The van der Waals surface area contributed by atoms with Gasteiger partial charge in [-0.15, -0.1) is 0 Å². The van der Waals surface area contributed by atoms with E-state index in [1.54, 1.807) is 48.3 Å². The van der Waals surface area contributed by atoms with Gasteiger partial charge in [-0.05, 0) is 48.0 Å². The fourth-order valence-corrected chi connectivity index (χ4v) is 5.38. The van der Waals surface area contributed by atoms with Crippen LogP contribution in [0.4, 0.5) is 10.1 Å². The second-order valence-corrected chi connectivity index (χ2v) is 10.2. The average Bonchev–Trinajstić information content (AvgIpc) is 3.17. The fourth-order valence-electron chi connectivity index (χ4n) is 3.48. The van der Waals surface area contributed by atoms with E-state index in [9.17, 15) is 14.1 Å². The summed E-state index contributed by atoms with van der Waals surface area (Å²) in [6, 6.07) is 13.3. The molecule has 1 fully saturated rings. The van der Waals surface area contributed by atoms with Crippen molar-refractivity contribution in [3.05, 3.63) is 77.7 Å². The van der Waals surface area contributed by atoms with Gasteiger partial charge in [0, 0.05) is 35.9 Å². The van der Waals surface area contributed by atoms with Crippen LogP contribution in [0.1, 0.15) is 18.1 Å². The maximum atomic E-state index is 13.3. The quantitative estimate of drug-likeness (QED) is 0.399. The summed E-state index contributed by atoms with van der Waals surface area (Å²) >= 11 is 0. The first-order valence-electron chi connectivity index (χ1n) is 10.6. The SMILES string of the molecule is CC1CO[P](O)(Cc2ccc(NC(=O)C=Cc3cnn(C)c3-c3ccc(F)cc3)cc2)OC1. The van der Waals surface area contributed by atoms with Crippen LogP contribution in [0, 0.1) is 11.7 Å². The summed E-state index contributed by atoms with van der Waals surface area (Å²) in [5, 5.41) is 7.06. The molecule has 4 rings (SSSR count). The van der Waals surface area contributed by atoms with Crippen molar-refractivity contribution in [1.29, 1.82) is 0 Å². The number of aromatic nitrogens is 2. The number of aryl methyl sites for hydroxylation is 1. The van der Waals surface area contributed by atoms with Crippen LogP contribution in [-0.2, 0) is 27.1 Å². The Labute approximate surface area is 192 Å². The summed E-state index contributed by atoms with van der Waals surface area (Å²) in [6.45, 7) is 2.99. The van der Waals surface area contributed by atoms with Gasteiger partial charge in [0.15, 0.2) is 0 Å². The highest BCUT2D eigenvalue weighted by atomic mass is 31.2. The average molecular weight is 470 g/mol. The van der Waals surface area contributed by atoms with Gasteiger partial charge in [-0.2, -0.15) is 5.10 Å². The largest absolute Gasteiger partial charge is 0.335 e. The molecule has 33 heavy (non-hydrogen) atoms. The van der Waals surface area contributed by atoms with Gasteiger partial charge in [0.1, 0.15) is 5.82 Å². The molecule has 0 saturated carbocycles. The summed E-state index contributed by atoms with van der Waals surface area (Å²) in [5.41, 5.74) is 3.83. The summed E-state index contributed by atoms with van der Waals surface area (Å²) in [7, 11) is -1.08. The summed E-state index contributed by atoms with van der Waals surface area (Å²) in [6.07, 6.45) is 5.06. The van der Waals surface area contributed by atoms with Crippen LogP contribution < -0.4 is 5.32 Å². The smallest absolute Gasteiger partial charge is 0.248 e. The maximum Gasteiger partial charge on any atom is 0.248 e. The normalized spacial score (nSPS) is 20.8. The van der Waals surface area contributed by atoms with Crippen molar-refractivity contribution in [2.45, 2.75) is 13.1 Å². The third-order valence-corrected chi connectivity index (χ3v) is 7.09. The van der Waals surface area contributed by atoms with Gasteiger partial charge in [-0.3, -0.25) is 9.48 Å². The molecule has 1 aromatic heterocycles. The Morgan fingerprint density at radius 2 is 1.88 bits per heavy atom. The standard InChI is InChI=1S/C24H26FN3O4P/c1-17-14-31-33(30,32-15-17)16-18-3-10-22(11-4-18)27-23(29)12-7-20-13-26-28(2)24(20)19-5-8-21(25)9-6-19/h3-13,17,30H,14-16H2,1-2H3,(H,27,29). The Balaban J connectivity index is 1.38. The number of halogens is 1. The van der Waals surface area contributed by atoms with E-state index >= 15 is 0 Å². The lowest BCUT2D eigenvalue weighted by molar-refractivity contribution is -0.111. The highest BCUT2D eigenvalue weighted by Gasteiger charge is 2.33. The Kier molecular flexibility index (Phi) is 7.00. The Hall–Kier alpha value is -2.90. The number of anilines is 1. The molecule has 1 aliphatic rings. The molecule has 7 nitrogen and oxygen atoms in total. The third kappa shape index (κ3) is 5.92. The molecule has 2 aromatic carbocycles. The van der Waals surface area contributed by atoms with Gasteiger partial charge in [0.2, 0.25) is 13.9 Å². The molecule has 0 spiro atoms. The number of carbonyl (C=O) groups excluding carboxylic acids is 1. The Morgan fingerprint density at radius 1 is 1.21 bits per heavy atom. The van der Waals surface area contributed by atoms with Crippen LogP contribution in [0.5, 0.6) is 0 Å². The number of nitrogens with one attached hydrogen (secondary N) is 1. The van der Waals surface area contributed by atoms with Crippen molar-refractivity contribution >= 4 is 25.6 Å². The molecule has 0 bridgehead atoms. The highest BCUT2D eigenvalue weighted by molar-refractivity contribution is 7.59. The van der Waals surface area contributed by atoms with Crippen molar-refractivity contribution in [2.75, 3.05) is 18.5 Å². The molecule has 9 heteroatoms. The zero-order chi connectivity index (χ0) is 23.4. The Bertz CT molecular complexity index is 1140. The van der Waals surface area contributed by atoms with Crippen molar-refractivity contribution in [1.82, 2.24) is 9.78 Å². The number of benzene rings is 2. The lowest BCUT2D eigenvalue weighted by atomic mass is 10.1. The van der Waals surface area contributed by atoms with Gasteiger partial charge < -0.3 is 19.3 Å². The maximum absolute atomic E-state index is 13.3. The molecule has 2 heterocycles. The number of carbonyl (C=O) groups is 1. The second-order valence-electron chi connectivity index (χ2n) is 8.09. The highest BCUT2D eigenvalue weighted by Crippen LogP contribution is 2.61. The van der Waals surface area contributed by atoms with Crippen molar-refractivity contribution in [2.24, 2.45) is 13.0 Å². The molecule has 0 atom stereocenters. The van der Waals surface area contributed by atoms with Crippen LogP contribution in [0.2, 0.25) is 0 Å². The van der Waals surface area contributed by atoms with E-state index in [0.29, 0.717) is 25.1 Å². The molecule has 0 unspecified atom stereocenters.